The summed E-state index contributed by atoms with van der Waals surface area (Å²) in [7, 11) is 0. The molecule has 0 spiro atoms. The van der Waals surface area contributed by atoms with E-state index in [9.17, 15) is 4.79 Å². The smallest absolute Gasteiger partial charge is 0.222 e. The van der Waals surface area contributed by atoms with Gasteiger partial charge in [0.05, 0.1) is 13.2 Å². The Kier molecular flexibility index (Phi) is 11.4. The molecule has 0 aromatic heterocycles. The van der Waals surface area contributed by atoms with Crippen LogP contribution in [0.25, 0.3) is 0 Å². The number of rotatable bonds is 11. The minimum atomic E-state index is 0.171. The first-order valence-electron chi connectivity index (χ1n) is 6.69. The standard InChI is InChI=1S/C13H27NO3/c1-4-9-16-11-7-14(13(15)6-3)8-12-17-10-5-2/h4-12H2,1-3H3. The molecule has 0 aliphatic rings. The van der Waals surface area contributed by atoms with Crippen LogP contribution in [0.15, 0.2) is 0 Å². The van der Waals surface area contributed by atoms with E-state index in [2.05, 4.69) is 13.8 Å². The lowest BCUT2D eigenvalue weighted by Crippen LogP contribution is -2.36. The van der Waals surface area contributed by atoms with Gasteiger partial charge < -0.3 is 14.4 Å². The predicted molar refractivity (Wildman–Crippen MR) is 69.1 cm³/mol. The normalized spacial score (nSPS) is 10.5. The third-order valence-corrected chi connectivity index (χ3v) is 2.36. The van der Waals surface area contributed by atoms with Crippen LogP contribution in [-0.2, 0) is 14.3 Å². The van der Waals surface area contributed by atoms with Crippen molar-refractivity contribution >= 4 is 5.91 Å². The van der Waals surface area contributed by atoms with Crippen LogP contribution < -0.4 is 0 Å². The van der Waals surface area contributed by atoms with Crippen molar-refractivity contribution in [3.63, 3.8) is 0 Å². The Morgan fingerprint density at radius 1 is 0.882 bits per heavy atom. The highest BCUT2D eigenvalue weighted by molar-refractivity contribution is 5.75. The minimum Gasteiger partial charge on any atom is -0.380 e. The Morgan fingerprint density at radius 2 is 1.35 bits per heavy atom. The van der Waals surface area contributed by atoms with Crippen LogP contribution in [0.3, 0.4) is 0 Å². The van der Waals surface area contributed by atoms with E-state index in [1.165, 1.54) is 0 Å². The van der Waals surface area contributed by atoms with E-state index in [0.717, 1.165) is 26.1 Å². The first-order chi connectivity index (χ1) is 8.26. The third-order valence-electron chi connectivity index (χ3n) is 2.36. The molecule has 4 heteroatoms. The second kappa shape index (κ2) is 11.9. The van der Waals surface area contributed by atoms with E-state index in [4.69, 9.17) is 9.47 Å². The molecule has 0 saturated heterocycles. The van der Waals surface area contributed by atoms with Crippen molar-refractivity contribution in [1.29, 1.82) is 0 Å². The van der Waals surface area contributed by atoms with Gasteiger partial charge in [0.1, 0.15) is 0 Å². The third kappa shape index (κ3) is 9.12. The highest BCUT2D eigenvalue weighted by Crippen LogP contribution is 1.95. The van der Waals surface area contributed by atoms with Crippen LogP contribution in [0.2, 0.25) is 0 Å². The van der Waals surface area contributed by atoms with Crippen LogP contribution in [0, 0.1) is 0 Å². The second-order valence-electron chi connectivity index (χ2n) is 3.96. The van der Waals surface area contributed by atoms with Crippen molar-refractivity contribution in [1.82, 2.24) is 4.90 Å². The molecule has 0 saturated carbocycles. The fourth-order valence-corrected chi connectivity index (χ4v) is 1.43. The largest absolute Gasteiger partial charge is 0.380 e. The molecule has 0 unspecified atom stereocenters. The molecule has 0 bridgehead atoms. The second-order valence-corrected chi connectivity index (χ2v) is 3.96. The van der Waals surface area contributed by atoms with Crippen LogP contribution >= 0.6 is 0 Å². The number of hydrogen-bond acceptors (Lipinski definition) is 3. The van der Waals surface area contributed by atoms with Crippen molar-refractivity contribution in [3.8, 4) is 0 Å². The summed E-state index contributed by atoms with van der Waals surface area (Å²) >= 11 is 0. The zero-order valence-electron chi connectivity index (χ0n) is 11.5. The molecule has 0 aliphatic heterocycles. The van der Waals surface area contributed by atoms with Crippen molar-refractivity contribution in [2.75, 3.05) is 39.5 Å². The van der Waals surface area contributed by atoms with Gasteiger partial charge in [-0.05, 0) is 12.8 Å². The zero-order valence-corrected chi connectivity index (χ0v) is 11.5. The molecule has 1 amide bonds. The quantitative estimate of drug-likeness (QED) is 0.523. The molecule has 0 aromatic rings. The maximum Gasteiger partial charge on any atom is 0.222 e. The Balaban J connectivity index is 3.76. The van der Waals surface area contributed by atoms with Crippen molar-refractivity contribution in [2.24, 2.45) is 0 Å². The van der Waals surface area contributed by atoms with Gasteiger partial charge in [-0.1, -0.05) is 20.8 Å². The van der Waals surface area contributed by atoms with Crippen LogP contribution in [-0.4, -0.2) is 50.3 Å². The average Bonchev–Trinajstić information content (AvgIpc) is 2.36. The van der Waals surface area contributed by atoms with Crippen LogP contribution in [0.5, 0.6) is 0 Å². The zero-order chi connectivity index (χ0) is 12.9. The molecule has 0 heterocycles. The lowest BCUT2D eigenvalue weighted by Gasteiger charge is -2.22. The van der Waals surface area contributed by atoms with Gasteiger partial charge in [-0.3, -0.25) is 4.79 Å². The van der Waals surface area contributed by atoms with Gasteiger partial charge in [0, 0.05) is 32.7 Å². The Morgan fingerprint density at radius 3 is 1.71 bits per heavy atom. The van der Waals surface area contributed by atoms with Crippen molar-refractivity contribution < 1.29 is 14.3 Å². The number of ether oxygens (including phenoxy) is 2. The number of nitrogens with zero attached hydrogens (tertiary/aromatic N) is 1. The average molecular weight is 245 g/mol. The van der Waals surface area contributed by atoms with Crippen LogP contribution in [0.4, 0.5) is 0 Å². The number of amides is 1. The van der Waals surface area contributed by atoms with E-state index in [0.29, 0.717) is 32.7 Å². The highest BCUT2D eigenvalue weighted by Gasteiger charge is 2.10. The molecular formula is C13H27NO3. The summed E-state index contributed by atoms with van der Waals surface area (Å²) in [5.74, 6) is 0.171. The monoisotopic (exact) mass is 245 g/mol. The maximum atomic E-state index is 11.7. The molecule has 0 fully saturated rings. The summed E-state index contributed by atoms with van der Waals surface area (Å²) in [5, 5.41) is 0. The molecule has 0 N–H and O–H groups in total. The molecule has 0 atom stereocenters. The summed E-state index contributed by atoms with van der Waals surface area (Å²) in [6.45, 7) is 10.1. The van der Waals surface area contributed by atoms with Gasteiger partial charge in [-0.15, -0.1) is 0 Å². The van der Waals surface area contributed by atoms with Gasteiger partial charge in [-0.2, -0.15) is 0 Å². The number of carbonyl (C=O) groups is 1. The fraction of sp³-hybridized carbons (Fsp3) is 0.923. The van der Waals surface area contributed by atoms with E-state index in [1.807, 2.05) is 11.8 Å². The van der Waals surface area contributed by atoms with Gasteiger partial charge in [0.15, 0.2) is 0 Å². The summed E-state index contributed by atoms with van der Waals surface area (Å²) < 4.78 is 10.8. The van der Waals surface area contributed by atoms with Gasteiger partial charge in [0.2, 0.25) is 5.91 Å². The molecule has 102 valence electrons. The SMILES string of the molecule is CCCOCCN(CCOCCC)C(=O)CC. The molecule has 0 aliphatic carbocycles. The summed E-state index contributed by atoms with van der Waals surface area (Å²) in [6, 6.07) is 0. The van der Waals surface area contributed by atoms with E-state index in [1.54, 1.807) is 0 Å². The molecular weight excluding hydrogens is 218 g/mol. The van der Waals surface area contributed by atoms with Gasteiger partial charge >= 0.3 is 0 Å². The molecule has 0 rings (SSSR count). The predicted octanol–water partition coefficient (Wildman–Crippen LogP) is 2.08. The first-order valence-corrected chi connectivity index (χ1v) is 6.69. The molecule has 0 radical (unpaired) electrons. The minimum absolute atomic E-state index is 0.171. The Hall–Kier alpha value is -0.610. The van der Waals surface area contributed by atoms with Gasteiger partial charge in [-0.25, -0.2) is 0 Å². The maximum absolute atomic E-state index is 11.7. The lowest BCUT2D eigenvalue weighted by atomic mass is 10.3. The summed E-state index contributed by atoms with van der Waals surface area (Å²) in [4.78, 5) is 13.5. The molecule has 17 heavy (non-hydrogen) atoms. The van der Waals surface area contributed by atoms with E-state index >= 15 is 0 Å². The summed E-state index contributed by atoms with van der Waals surface area (Å²) in [6.07, 6.45) is 2.57. The fourth-order valence-electron chi connectivity index (χ4n) is 1.43. The van der Waals surface area contributed by atoms with Crippen LogP contribution in [0.1, 0.15) is 40.0 Å². The summed E-state index contributed by atoms with van der Waals surface area (Å²) in [5.41, 5.74) is 0. The Labute approximate surface area is 105 Å². The Bertz CT molecular complexity index is 174. The molecule has 0 aromatic carbocycles. The number of hydrogen-bond donors (Lipinski definition) is 0. The number of carbonyl (C=O) groups excluding carboxylic acids is 1. The van der Waals surface area contributed by atoms with Crippen molar-refractivity contribution in [3.05, 3.63) is 0 Å². The topological polar surface area (TPSA) is 38.8 Å². The first kappa shape index (κ1) is 16.4. The van der Waals surface area contributed by atoms with Crippen molar-refractivity contribution in [2.45, 2.75) is 40.0 Å². The van der Waals surface area contributed by atoms with E-state index < -0.39 is 0 Å². The highest BCUT2D eigenvalue weighted by atomic mass is 16.5. The lowest BCUT2D eigenvalue weighted by molar-refractivity contribution is -0.132. The molecule has 4 nitrogen and oxygen atoms in total. The van der Waals surface area contributed by atoms with Gasteiger partial charge in [0.25, 0.3) is 0 Å². The van der Waals surface area contributed by atoms with E-state index in [-0.39, 0.29) is 5.91 Å².